The van der Waals surface area contributed by atoms with E-state index in [1.165, 1.54) is 59.1 Å². The number of esters is 1. The van der Waals surface area contributed by atoms with Crippen LogP contribution in [0.4, 0.5) is 0 Å². The Kier molecular flexibility index (Phi) is 17.7. The minimum atomic E-state index is -0.557. The molecule has 0 bridgehead atoms. The minimum absolute atomic E-state index is 0.0651. The van der Waals surface area contributed by atoms with Gasteiger partial charge in [0.2, 0.25) is 0 Å². The van der Waals surface area contributed by atoms with E-state index in [-0.39, 0.29) is 36.4 Å². The topological polar surface area (TPSA) is 102 Å². The molecule has 0 aromatic heterocycles. The highest BCUT2D eigenvalue weighted by molar-refractivity contribution is 5.87. The number of carbonyl (C=O) groups is 2. The van der Waals surface area contributed by atoms with Crippen LogP contribution in [0.15, 0.2) is 97.1 Å². The Balaban J connectivity index is 0.000000992. The zero-order valence-corrected chi connectivity index (χ0v) is 29.3. The lowest BCUT2D eigenvalue weighted by Gasteiger charge is -2.30. The third-order valence-corrected chi connectivity index (χ3v) is 8.91. The smallest absolute Gasteiger partial charge is 0.335 e. The van der Waals surface area contributed by atoms with Gasteiger partial charge < -0.3 is 24.4 Å². The molecule has 1 aliphatic heterocycles. The highest BCUT2D eigenvalue weighted by Gasteiger charge is 2.24. The molecule has 3 atom stereocenters. The molecule has 0 aliphatic carbocycles. The normalized spacial score (nSPS) is 16.2. The standard InChI is InChI=1S/C38H48O5.C4H6O2/c1-4-5-6-7-29-10-14-32(15-11-29)33-18-20-34(21-19-33)36-22-23-37(42-27-36)35-16-12-30(13-17-35)8-9-31(25-41-3)26-43-38(40)28(2)24-39;1-4(2-5)3-6/h10-21,31,36-37,39H,2,4-9,22-27H2,1,3H3;2,6H,1,3H2. The number of carbonyl (C=O) groups excluding carboxylic acids is 2. The van der Waals surface area contributed by atoms with E-state index in [0.717, 1.165) is 32.3 Å². The number of aldehydes is 1. The maximum absolute atomic E-state index is 11.8. The van der Waals surface area contributed by atoms with Crippen LogP contribution in [-0.2, 0) is 36.6 Å². The Morgan fingerprint density at radius 2 is 1.47 bits per heavy atom. The summed E-state index contributed by atoms with van der Waals surface area (Å²) in [5.74, 6) is -0.0566. The Morgan fingerprint density at radius 3 is 2.00 bits per heavy atom. The average molecular weight is 671 g/mol. The molecule has 0 saturated carbocycles. The largest absolute Gasteiger partial charge is 0.462 e. The van der Waals surface area contributed by atoms with Gasteiger partial charge in [0.05, 0.1) is 44.7 Å². The Labute approximate surface area is 292 Å². The fourth-order valence-corrected chi connectivity index (χ4v) is 5.79. The highest BCUT2D eigenvalue weighted by Crippen LogP contribution is 2.36. The van der Waals surface area contributed by atoms with Crippen LogP contribution in [0.5, 0.6) is 0 Å². The predicted molar refractivity (Wildman–Crippen MR) is 195 cm³/mol. The number of ether oxygens (including phenoxy) is 3. The van der Waals surface area contributed by atoms with Crippen molar-refractivity contribution < 1.29 is 34.0 Å². The molecule has 3 unspecified atom stereocenters. The molecule has 3 aromatic carbocycles. The number of aliphatic hydroxyl groups excluding tert-OH is 2. The van der Waals surface area contributed by atoms with Gasteiger partial charge in [-0.25, -0.2) is 4.79 Å². The van der Waals surface area contributed by atoms with Crippen molar-refractivity contribution >= 4 is 12.3 Å². The van der Waals surface area contributed by atoms with E-state index >= 15 is 0 Å². The third-order valence-electron chi connectivity index (χ3n) is 8.91. The molecule has 3 aromatic rings. The second kappa shape index (κ2) is 22.0. The first-order valence-electron chi connectivity index (χ1n) is 17.4. The van der Waals surface area contributed by atoms with Crippen molar-refractivity contribution in [1.29, 1.82) is 0 Å². The Bertz CT molecular complexity index is 1420. The summed E-state index contributed by atoms with van der Waals surface area (Å²) in [4.78, 5) is 21.3. The first-order valence-corrected chi connectivity index (χ1v) is 17.4. The van der Waals surface area contributed by atoms with Gasteiger partial charge in [0.15, 0.2) is 0 Å². The summed E-state index contributed by atoms with van der Waals surface area (Å²) in [6.07, 6.45) is 9.45. The number of benzene rings is 3. The lowest BCUT2D eigenvalue weighted by atomic mass is 9.88. The zero-order chi connectivity index (χ0) is 35.4. The van der Waals surface area contributed by atoms with Gasteiger partial charge in [0.25, 0.3) is 0 Å². The quantitative estimate of drug-likeness (QED) is 0.0618. The molecular weight excluding hydrogens is 616 g/mol. The molecule has 1 heterocycles. The number of aryl methyl sites for hydroxylation is 2. The van der Waals surface area contributed by atoms with Crippen LogP contribution in [0.25, 0.3) is 11.1 Å². The number of hydrogen-bond donors (Lipinski definition) is 2. The number of rotatable bonds is 18. The van der Waals surface area contributed by atoms with Gasteiger partial charge >= 0.3 is 5.97 Å². The Hall–Kier alpha value is -3.88. The fourth-order valence-electron chi connectivity index (χ4n) is 5.79. The van der Waals surface area contributed by atoms with E-state index in [4.69, 9.17) is 24.4 Å². The van der Waals surface area contributed by atoms with Crippen molar-refractivity contribution in [2.45, 2.75) is 70.3 Å². The summed E-state index contributed by atoms with van der Waals surface area (Å²) in [5.41, 5.74) is 8.06. The van der Waals surface area contributed by atoms with Crippen LogP contribution in [0.2, 0.25) is 0 Å². The molecule has 7 heteroatoms. The van der Waals surface area contributed by atoms with Crippen LogP contribution < -0.4 is 0 Å². The summed E-state index contributed by atoms with van der Waals surface area (Å²) in [6, 6.07) is 26.8. The second-order valence-corrected chi connectivity index (χ2v) is 12.8. The molecule has 264 valence electrons. The van der Waals surface area contributed by atoms with Crippen molar-refractivity contribution in [3.63, 3.8) is 0 Å². The van der Waals surface area contributed by atoms with Gasteiger partial charge in [-0.2, -0.15) is 0 Å². The molecule has 0 radical (unpaired) electrons. The molecule has 1 fully saturated rings. The van der Waals surface area contributed by atoms with E-state index in [9.17, 15) is 9.59 Å². The molecule has 2 N–H and O–H groups in total. The average Bonchev–Trinajstić information content (AvgIpc) is 3.16. The highest BCUT2D eigenvalue weighted by atomic mass is 16.5. The predicted octanol–water partition coefficient (Wildman–Crippen LogP) is 7.74. The van der Waals surface area contributed by atoms with Gasteiger partial charge in [0, 0.05) is 24.5 Å². The van der Waals surface area contributed by atoms with Crippen molar-refractivity contribution in [3.8, 4) is 11.1 Å². The van der Waals surface area contributed by atoms with Gasteiger partial charge in [-0.05, 0) is 71.9 Å². The molecule has 4 rings (SSSR count). The van der Waals surface area contributed by atoms with Crippen molar-refractivity contribution in [1.82, 2.24) is 0 Å². The molecule has 1 saturated heterocycles. The van der Waals surface area contributed by atoms with Gasteiger partial charge in [-0.1, -0.05) is 106 Å². The van der Waals surface area contributed by atoms with Crippen LogP contribution >= 0.6 is 0 Å². The van der Waals surface area contributed by atoms with Gasteiger partial charge in [-0.3, -0.25) is 4.79 Å². The zero-order valence-electron chi connectivity index (χ0n) is 29.3. The summed E-state index contributed by atoms with van der Waals surface area (Å²) < 4.78 is 17.0. The summed E-state index contributed by atoms with van der Waals surface area (Å²) >= 11 is 0. The molecule has 7 nitrogen and oxygen atoms in total. The maximum Gasteiger partial charge on any atom is 0.335 e. The SMILES string of the molecule is C=C(C=O)CO.C=C(CO)C(=O)OCC(CCc1ccc(C2CCC(c3ccc(-c4ccc(CCCCC)cc4)cc3)CO2)cc1)COC. The van der Waals surface area contributed by atoms with E-state index < -0.39 is 12.6 Å². The van der Waals surface area contributed by atoms with Gasteiger partial charge in [0.1, 0.15) is 6.29 Å². The lowest BCUT2D eigenvalue weighted by Crippen LogP contribution is -2.20. The number of unbranched alkanes of at least 4 members (excludes halogenated alkanes) is 2. The second-order valence-electron chi connectivity index (χ2n) is 12.8. The van der Waals surface area contributed by atoms with Crippen LogP contribution in [0.1, 0.15) is 79.7 Å². The minimum Gasteiger partial charge on any atom is -0.462 e. The first-order chi connectivity index (χ1) is 23.8. The molecular formula is C42H54O7. The molecule has 49 heavy (non-hydrogen) atoms. The first kappa shape index (κ1) is 39.6. The van der Waals surface area contributed by atoms with E-state index in [1.807, 2.05) is 0 Å². The van der Waals surface area contributed by atoms with Crippen LogP contribution in [0, 0.1) is 5.92 Å². The monoisotopic (exact) mass is 670 g/mol. The lowest BCUT2D eigenvalue weighted by molar-refractivity contribution is -0.141. The fraction of sp³-hybridized carbons (Fsp3) is 0.429. The van der Waals surface area contributed by atoms with Crippen LogP contribution in [-0.4, -0.2) is 62.6 Å². The number of methoxy groups -OCH3 is 1. The van der Waals surface area contributed by atoms with Crippen molar-refractivity contribution in [2.75, 3.05) is 40.1 Å². The van der Waals surface area contributed by atoms with E-state index in [2.05, 4.69) is 92.9 Å². The van der Waals surface area contributed by atoms with E-state index in [0.29, 0.717) is 18.8 Å². The van der Waals surface area contributed by atoms with Crippen molar-refractivity contribution in [3.05, 3.63) is 119 Å². The van der Waals surface area contributed by atoms with Crippen molar-refractivity contribution in [2.24, 2.45) is 5.92 Å². The third kappa shape index (κ3) is 13.5. The Morgan fingerprint density at radius 1 is 0.857 bits per heavy atom. The maximum atomic E-state index is 11.8. The summed E-state index contributed by atoms with van der Waals surface area (Å²) in [5, 5.41) is 17.1. The number of aliphatic hydroxyl groups is 2. The number of hydrogen-bond acceptors (Lipinski definition) is 7. The molecule has 0 spiro atoms. The molecule has 1 aliphatic rings. The summed E-state index contributed by atoms with van der Waals surface area (Å²) in [7, 11) is 1.65. The molecule has 0 amide bonds. The summed E-state index contributed by atoms with van der Waals surface area (Å²) in [6.45, 7) is 9.79. The van der Waals surface area contributed by atoms with Crippen LogP contribution in [0.3, 0.4) is 0 Å². The van der Waals surface area contributed by atoms with E-state index in [1.54, 1.807) is 7.11 Å². The van der Waals surface area contributed by atoms with Gasteiger partial charge in [-0.15, -0.1) is 0 Å².